The number of halogens is 3. The van der Waals surface area contributed by atoms with Crippen molar-refractivity contribution in [1.29, 1.82) is 0 Å². The zero-order chi connectivity index (χ0) is 13.9. The number of rotatable bonds is 4. The van der Waals surface area contributed by atoms with E-state index in [9.17, 15) is 18.0 Å². The monoisotopic (exact) mass is 272 g/mol. The van der Waals surface area contributed by atoms with E-state index in [1.165, 1.54) is 5.56 Å². The van der Waals surface area contributed by atoms with E-state index in [2.05, 4.69) is 11.0 Å². The van der Waals surface area contributed by atoms with Crippen molar-refractivity contribution in [3.8, 4) is 0 Å². The molecule has 3 nitrogen and oxygen atoms in total. The Morgan fingerprint density at radius 1 is 1.32 bits per heavy atom. The van der Waals surface area contributed by atoms with Gasteiger partial charge in [0.25, 0.3) is 0 Å². The molecular formula is C13H15F3N2O. The first-order chi connectivity index (χ1) is 8.98. The molecular weight excluding hydrogens is 257 g/mol. The summed E-state index contributed by atoms with van der Waals surface area (Å²) >= 11 is 0. The van der Waals surface area contributed by atoms with E-state index in [1.54, 1.807) is 0 Å². The van der Waals surface area contributed by atoms with Gasteiger partial charge in [-0.2, -0.15) is 13.2 Å². The molecule has 1 amide bonds. The third kappa shape index (κ3) is 3.39. The van der Waals surface area contributed by atoms with Crippen LogP contribution in [0.1, 0.15) is 12.0 Å². The Morgan fingerprint density at radius 2 is 2.05 bits per heavy atom. The highest BCUT2D eigenvalue weighted by atomic mass is 19.4. The van der Waals surface area contributed by atoms with E-state index in [0.29, 0.717) is 13.0 Å². The van der Waals surface area contributed by atoms with Crippen LogP contribution in [0.15, 0.2) is 24.3 Å². The second-order valence-electron chi connectivity index (χ2n) is 4.47. The molecule has 0 saturated heterocycles. The van der Waals surface area contributed by atoms with Crippen molar-refractivity contribution < 1.29 is 18.0 Å². The van der Waals surface area contributed by atoms with Gasteiger partial charge in [-0.1, -0.05) is 18.2 Å². The Morgan fingerprint density at radius 3 is 2.79 bits per heavy atom. The van der Waals surface area contributed by atoms with Crippen LogP contribution in [0, 0.1) is 0 Å². The van der Waals surface area contributed by atoms with Crippen molar-refractivity contribution in [3.63, 3.8) is 0 Å². The Hall–Kier alpha value is -1.72. The SMILES string of the molecule is O=C(NCCCN1CCc2ccccc21)C(F)(F)F. The topological polar surface area (TPSA) is 32.3 Å². The molecule has 0 spiro atoms. The van der Waals surface area contributed by atoms with Crippen LogP contribution >= 0.6 is 0 Å². The molecule has 104 valence electrons. The number of hydrogen-bond donors (Lipinski definition) is 1. The normalized spacial score (nSPS) is 14.4. The molecule has 19 heavy (non-hydrogen) atoms. The minimum absolute atomic E-state index is 0.0387. The summed E-state index contributed by atoms with van der Waals surface area (Å²) in [6, 6.07) is 7.99. The molecule has 1 aromatic rings. The summed E-state index contributed by atoms with van der Waals surface area (Å²) in [7, 11) is 0. The molecule has 0 atom stereocenters. The minimum Gasteiger partial charge on any atom is -0.371 e. The summed E-state index contributed by atoms with van der Waals surface area (Å²) < 4.78 is 35.9. The van der Waals surface area contributed by atoms with E-state index in [1.807, 2.05) is 23.5 Å². The van der Waals surface area contributed by atoms with Crippen LogP contribution in [0.5, 0.6) is 0 Å². The van der Waals surface area contributed by atoms with Gasteiger partial charge in [-0.05, 0) is 24.5 Å². The first kappa shape index (κ1) is 13.7. The summed E-state index contributed by atoms with van der Waals surface area (Å²) in [5.41, 5.74) is 2.41. The van der Waals surface area contributed by atoms with Crippen LogP contribution < -0.4 is 10.2 Å². The first-order valence-corrected chi connectivity index (χ1v) is 6.16. The van der Waals surface area contributed by atoms with E-state index in [0.717, 1.165) is 18.7 Å². The Balaban J connectivity index is 1.75. The van der Waals surface area contributed by atoms with Gasteiger partial charge in [0.1, 0.15) is 0 Å². The minimum atomic E-state index is -4.79. The van der Waals surface area contributed by atoms with Gasteiger partial charge in [0.15, 0.2) is 0 Å². The maximum Gasteiger partial charge on any atom is 0.471 e. The Labute approximate surface area is 109 Å². The van der Waals surface area contributed by atoms with Crippen LogP contribution in [-0.2, 0) is 11.2 Å². The first-order valence-electron chi connectivity index (χ1n) is 6.16. The largest absolute Gasteiger partial charge is 0.471 e. The van der Waals surface area contributed by atoms with E-state index >= 15 is 0 Å². The van der Waals surface area contributed by atoms with Gasteiger partial charge in [-0.25, -0.2) is 0 Å². The highest BCUT2D eigenvalue weighted by Gasteiger charge is 2.38. The van der Waals surface area contributed by atoms with Gasteiger partial charge < -0.3 is 10.2 Å². The fourth-order valence-corrected chi connectivity index (χ4v) is 2.21. The second-order valence-corrected chi connectivity index (χ2v) is 4.47. The molecule has 0 unspecified atom stereocenters. The van der Waals surface area contributed by atoms with Crippen LogP contribution in [0.25, 0.3) is 0 Å². The van der Waals surface area contributed by atoms with Gasteiger partial charge in [-0.3, -0.25) is 4.79 Å². The Bertz CT molecular complexity index is 459. The zero-order valence-electron chi connectivity index (χ0n) is 10.3. The molecule has 2 rings (SSSR count). The number of fused-ring (bicyclic) bond motifs is 1. The third-order valence-corrected chi connectivity index (χ3v) is 3.13. The van der Waals surface area contributed by atoms with E-state index in [-0.39, 0.29) is 6.54 Å². The van der Waals surface area contributed by atoms with E-state index in [4.69, 9.17) is 0 Å². The predicted molar refractivity (Wildman–Crippen MR) is 66.0 cm³/mol. The lowest BCUT2D eigenvalue weighted by Gasteiger charge is -2.19. The number of carbonyl (C=O) groups is 1. The summed E-state index contributed by atoms with van der Waals surface area (Å²) in [6.45, 7) is 1.57. The number of carbonyl (C=O) groups excluding carboxylic acids is 1. The summed E-state index contributed by atoms with van der Waals surface area (Å²) in [4.78, 5) is 12.7. The van der Waals surface area contributed by atoms with Crippen LogP contribution in [0.2, 0.25) is 0 Å². The summed E-state index contributed by atoms with van der Waals surface area (Å²) in [5, 5.41) is 1.88. The maximum atomic E-state index is 12.0. The van der Waals surface area contributed by atoms with Gasteiger partial charge >= 0.3 is 12.1 Å². The van der Waals surface area contributed by atoms with Gasteiger partial charge in [0.05, 0.1) is 0 Å². The average Bonchev–Trinajstić information content (AvgIpc) is 2.76. The molecule has 0 bridgehead atoms. The van der Waals surface area contributed by atoms with Crippen molar-refractivity contribution in [1.82, 2.24) is 5.32 Å². The van der Waals surface area contributed by atoms with E-state index < -0.39 is 12.1 Å². The number of nitrogens with one attached hydrogen (secondary N) is 1. The van der Waals surface area contributed by atoms with Crippen LogP contribution in [-0.4, -0.2) is 31.7 Å². The molecule has 0 fully saturated rings. The molecule has 6 heteroatoms. The van der Waals surface area contributed by atoms with Gasteiger partial charge in [-0.15, -0.1) is 0 Å². The highest BCUT2D eigenvalue weighted by Crippen LogP contribution is 2.27. The molecule has 0 aromatic heterocycles. The summed E-state index contributed by atoms with van der Waals surface area (Å²) in [6.07, 6.45) is -3.33. The van der Waals surface area contributed by atoms with Crippen molar-refractivity contribution in [2.24, 2.45) is 0 Å². The fraction of sp³-hybridized carbons (Fsp3) is 0.462. The molecule has 0 radical (unpaired) electrons. The highest BCUT2D eigenvalue weighted by molar-refractivity contribution is 5.81. The molecule has 1 aliphatic rings. The summed E-state index contributed by atoms with van der Waals surface area (Å²) in [5.74, 6) is -1.87. The zero-order valence-corrected chi connectivity index (χ0v) is 10.3. The lowest BCUT2D eigenvalue weighted by atomic mass is 10.2. The molecule has 1 aromatic carbocycles. The average molecular weight is 272 g/mol. The second kappa shape index (κ2) is 5.50. The number of benzene rings is 1. The number of anilines is 1. The van der Waals surface area contributed by atoms with Crippen LogP contribution in [0.3, 0.4) is 0 Å². The smallest absolute Gasteiger partial charge is 0.371 e. The number of amides is 1. The van der Waals surface area contributed by atoms with Crippen molar-refractivity contribution in [2.45, 2.75) is 19.0 Å². The lowest BCUT2D eigenvalue weighted by Crippen LogP contribution is -2.38. The lowest BCUT2D eigenvalue weighted by molar-refractivity contribution is -0.173. The molecule has 0 saturated carbocycles. The fourth-order valence-electron chi connectivity index (χ4n) is 2.21. The Kier molecular flexibility index (Phi) is 3.97. The van der Waals surface area contributed by atoms with Gasteiger partial charge in [0, 0.05) is 25.3 Å². The quantitative estimate of drug-likeness (QED) is 0.851. The van der Waals surface area contributed by atoms with Crippen molar-refractivity contribution >= 4 is 11.6 Å². The molecule has 1 heterocycles. The number of para-hydroxylation sites is 1. The van der Waals surface area contributed by atoms with Gasteiger partial charge in [0.2, 0.25) is 0 Å². The molecule has 1 aliphatic heterocycles. The van der Waals surface area contributed by atoms with Crippen molar-refractivity contribution in [2.75, 3.05) is 24.5 Å². The standard InChI is InChI=1S/C13H15F3N2O/c14-13(15,16)12(19)17-7-3-8-18-9-6-10-4-1-2-5-11(10)18/h1-2,4-5H,3,6-9H2,(H,17,19). The number of hydrogen-bond acceptors (Lipinski definition) is 2. The molecule has 1 N–H and O–H groups in total. The molecule has 0 aliphatic carbocycles. The number of nitrogens with zero attached hydrogens (tertiary/aromatic N) is 1. The van der Waals surface area contributed by atoms with Crippen molar-refractivity contribution in [3.05, 3.63) is 29.8 Å². The third-order valence-electron chi connectivity index (χ3n) is 3.13. The maximum absolute atomic E-state index is 12.0. The number of alkyl halides is 3. The van der Waals surface area contributed by atoms with Crippen LogP contribution in [0.4, 0.5) is 18.9 Å². The predicted octanol–water partition coefficient (Wildman–Crippen LogP) is 2.12.